The maximum Gasteiger partial charge on any atom is 0.303 e. The van der Waals surface area contributed by atoms with Gasteiger partial charge in [-0.3, -0.25) is 9.59 Å². The molecule has 1 atom stereocenters. The molecule has 5 nitrogen and oxygen atoms in total. The van der Waals surface area contributed by atoms with Crippen molar-refractivity contribution in [2.24, 2.45) is 0 Å². The summed E-state index contributed by atoms with van der Waals surface area (Å²) in [6.07, 6.45) is 0.359. The maximum atomic E-state index is 12.6. The Balaban J connectivity index is 2.27. The van der Waals surface area contributed by atoms with Gasteiger partial charge in [0.2, 0.25) is 0 Å². The zero-order valence-corrected chi connectivity index (χ0v) is 10.6. The topological polar surface area (TPSA) is 75.6 Å². The van der Waals surface area contributed by atoms with Gasteiger partial charge < -0.3 is 15.2 Å². The molecule has 1 aromatic rings. The van der Waals surface area contributed by atoms with Crippen LogP contribution in [0.1, 0.15) is 19.8 Å². The van der Waals surface area contributed by atoms with Crippen molar-refractivity contribution in [2.45, 2.75) is 25.8 Å². The summed E-state index contributed by atoms with van der Waals surface area (Å²) < 4.78 is 17.8. The summed E-state index contributed by atoms with van der Waals surface area (Å²) in [6, 6.07) is 5.10. The summed E-state index contributed by atoms with van der Waals surface area (Å²) in [5.41, 5.74) is 0. The number of rotatable bonds is 7. The van der Waals surface area contributed by atoms with E-state index in [-0.39, 0.29) is 30.8 Å². The molecule has 0 radical (unpaired) electrons. The lowest BCUT2D eigenvalue weighted by molar-refractivity contribution is -0.137. The van der Waals surface area contributed by atoms with Crippen LogP contribution in [-0.4, -0.2) is 29.6 Å². The summed E-state index contributed by atoms with van der Waals surface area (Å²) in [5, 5.41) is 11.1. The molecule has 0 saturated carbocycles. The van der Waals surface area contributed by atoms with Gasteiger partial charge in [0, 0.05) is 12.5 Å². The van der Waals surface area contributed by atoms with E-state index in [1.165, 1.54) is 24.3 Å². The van der Waals surface area contributed by atoms with Crippen molar-refractivity contribution in [3.8, 4) is 5.75 Å². The van der Waals surface area contributed by atoms with Crippen molar-refractivity contribution < 1.29 is 23.8 Å². The summed E-state index contributed by atoms with van der Waals surface area (Å²) in [5.74, 6) is -1.22. The Morgan fingerprint density at radius 1 is 1.37 bits per heavy atom. The molecule has 0 bridgehead atoms. The lowest BCUT2D eigenvalue weighted by Crippen LogP contribution is -2.36. The lowest BCUT2D eigenvalue weighted by Gasteiger charge is -2.13. The van der Waals surface area contributed by atoms with Crippen LogP contribution in [0.5, 0.6) is 5.75 Å². The first-order valence-corrected chi connectivity index (χ1v) is 5.87. The number of carboxylic acid groups (broad SMARTS) is 1. The van der Waals surface area contributed by atoms with Gasteiger partial charge in [-0.05, 0) is 37.6 Å². The smallest absolute Gasteiger partial charge is 0.303 e. The van der Waals surface area contributed by atoms with Crippen LogP contribution < -0.4 is 10.1 Å². The van der Waals surface area contributed by atoms with Gasteiger partial charge in [0.1, 0.15) is 11.6 Å². The molecular weight excluding hydrogens is 253 g/mol. The highest BCUT2D eigenvalue weighted by Crippen LogP contribution is 2.10. The van der Waals surface area contributed by atoms with E-state index in [1.807, 2.05) is 0 Å². The number of benzene rings is 1. The van der Waals surface area contributed by atoms with E-state index in [1.54, 1.807) is 6.92 Å². The second kappa shape index (κ2) is 7.35. The number of carbonyl (C=O) groups excluding carboxylic acids is 1. The molecule has 0 aliphatic heterocycles. The van der Waals surface area contributed by atoms with E-state index in [2.05, 4.69) is 5.32 Å². The van der Waals surface area contributed by atoms with Crippen molar-refractivity contribution in [3.63, 3.8) is 0 Å². The molecular formula is C13H16FNO4. The average Bonchev–Trinajstić information content (AvgIpc) is 2.36. The minimum Gasteiger partial charge on any atom is -0.484 e. The summed E-state index contributed by atoms with van der Waals surface area (Å²) in [7, 11) is 0. The highest BCUT2D eigenvalue weighted by molar-refractivity contribution is 5.77. The number of aliphatic carboxylic acids is 1. The minimum atomic E-state index is -0.899. The van der Waals surface area contributed by atoms with Crippen molar-refractivity contribution in [1.82, 2.24) is 5.32 Å². The number of carboxylic acids is 1. The van der Waals surface area contributed by atoms with Gasteiger partial charge in [-0.2, -0.15) is 0 Å². The fraction of sp³-hybridized carbons (Fsp3) is 0.385. The quantitative estimate of drug-likeness (QED) is 0.788. The molecule has 0 aliphatic rings. The van der Waals surface area contributed by atoms with Crippen LogP contribution >= 0.6 is 0 Å². The minimum absolute atomic E-state index is 0.000264. The number of ether oxygens (including phenoxy) is 1. The van der Waals surface area contributed by atoms with Crippen LogP contribution in [0.3, 0.4) is 0 Å². The lowest BCUT2D eigenvalue weighted by atomic mass is 10.2. The molecule has 0 spiro atoms. The molecule has 1 amide bonds. The zero-order valence-electron chi connectivity index (χ0n) is 10.6. The Bertz CT molecular complexity index is 433. The van der Waals surface area contributed by atoms with Crippen LogP contribution in [0.15, 0.2) is 24.3 Å². The van der Waals surface area contributed by atoms with Crippen LogP contribution in [0.25, 0.3) is 0 Å². The average molecular weight is 269 g/mol. The molecule has 1 aromatic carbocycles. The van der Waals surface area contributed by atoms with E-state index in [0.717, 1.165) is 0 Å². The monoisotopic (exact) mass is 269 g/mol. The fourth-order valence-electron chi connectivity index (χ4n) is 1.41. The van der Waals surface area contributed by atoms with Gasteiger partial charge in [0.25, 0.3) is 5.91 Å². The Morgan fingerprint density at radius 2 is 2.00 bits per heavy atom. The SMILES string of the molecule is CC(CCC(=O)O)NC(=O)COc1ccc(F)cc1. The molecule has 0 aliphatic carbocycles. The standard InChI is InChI=1S/C13H16FNO4/c1-9(2-7-13(17)18)15-12(16)8-19-11-5-3-10(14)4-6-11/h3-6,9H,2,7-8H2,1H3,(H,15,16)(H,17,18). The van der Waals surface area contributed by atoms with Crippen LogP contribution in [0.4, 0.5) is 4.39 Å². The first-order valence-electron chi connectivity index (χ1n) is 5.87. The third kappa shape index (κ3) is 6.40. The number of halogens is 1. The fourth-order valence-corrected chi connectivity index (χ4v) is 1.41. The van der Waals surface area contributed by atoms with E-state index >= 15 is 0 Å². The highest BCUT2D eigenvalue weighted by atomic mass is 19.1. The second-order valence-electron chi connectivity index (χ2n) is 4.14. The Kier molecular flexibility index (Phi) is 5.78. The Labute approximate surface area is 110 Å². The number of amides is 1. The van der Waals surface area contributed by atoms with Crippen molar-refractivity contribution >= 4 is 11.9 Å². The predicted octanol–water partition coefficient (Wildman–Crippen LogP) is 1.57. The number of hydrogen-bond donors (Lipinski definition) is 2. The van der Waals surface area contributed by atoms with Gasteiger partial charge in [-0.15, -0.1) is 0 Å². The molecule has 19 heavy (non-hydrogen) atoms. The summed E-state index contributed by atoms with van der Waals surface area (Å²) in [6.45, 7) is 1.53. The molecule has 2 N–H and O–H groups in total. The number of nitrogens with one attached hydrogen (secondary N) is 1. The molecule has 104 valence electrons. The van der Waals surface area contributed by atoms with Gasteiger partial charge in [-0.1, -0.05) is 0 Å². The number of hydrogen-bond acceptors (Lipinski definition) is 3. The molecule has 0 saturated heterocycles. The summed E-state index contributed by atoms with van der Waals surface area (Å²) in [4.78, 5) is 21.8. The van der Waals surface area contributed by atoms with E-state index in [0.29, 0.717) is 12.2 Å². The van der Waals surface area contributed by atoms with E-state index in [9.17, 15) is 14.0 Å². The number of carbonyl (C=O) groups is 2. The largest absolute Gasteiger partial charge is 0.484 e. The van der Waals surface area contributed by atoms with Crippen LogP contribution in [0.2, 0.25) is 0 Å². The molecule has 1 rings (SSSR count). The Hall–Kier alpha value is -2.11. The van der Waals surface area contributed by atoms with Gasteiger partial charge in [-0.25, -0.2) is 4.39 Å². The predicted molar refractivity (Wildman–Crippen MR) is 66.4 cm³/mol. The summed E-state index contributed by atoms with van der Waals surface area (Å²) >= 11 is 0. The normalized spacial score (nSPS) is 11.7. The first kappa shape index (κ1) is 14.9. The van der Waals surface area contributed by atoms with Gasteiger partial charge in [0.15, 0.2) is 6.61 Å². The van der Waals surface area contributed by atoms with E-state index in [4.69, 9.17) is 9.84 Å². The van der Waals surface area contributed by atoms with Crippen molar-refractivity contribution in [3.05, 3.63) is 30.1 Å². The molecule has 0 heterocycles. The molecule has 6 heteroatoms. The van der Waals surface area contributed by atoms with Crippen LogP contribution in [-0.2, 0) is 9.59 Å². The van der Waals surface area contributed by atoms with E-state index < -0.39 is 5.97 Å². The second-order valence-corrected chi connectivity index (χ2v) is 4.14. The van der Waals surface area contributed by atoms with Gasteiger partial charge in [0.05, 0.1) is 0 Å². The highest BCUT2D eigenvalue weighted by Gasteiger charge is 2.09. The Morgan fingerprint density at radius 3 is 2.58 bits per heavy atom. The van der Waals surface area contributed by atoms with Crippen LogP contribution in [0, 0.1) is 5.82 Å². The third-order valence-electron chi connectivity index (χ3n) is 2.38. The molecule has 0 aromatic heterocycles. The molecule has 0 fully saturated rings. The van der Waals surface area contributed by atoms with Crippen molar-refractivity contribution in [2.75, 3.05) is 6.61 Å². The first-order chi connectivity index (χ1) is 8.97. The van der Waals surface area contributed by atoms with Gasteiger partial charge >= 0.3 is 5.97 Å². The zero-order chi connectivity index (χ0) is 14.3. The maximum absolute atomic E-state index is 12.6. The third-order valence-corrected chi connectivity index (χ3v) is 2.38. The van der Waals surface area contributed by atoms with Crippen molar-refractivity contribution in [1.29, 1.82) is 0 Å². The molecule has 1 unspecified atom stereocenters.